The molecule has 0 saturated carbocycles. The number of nitrogens with one attached hydrogen (secondary N) is 2. The van der Waals surface area contributed by atoms with Gasteiger partial charge in [-0.05, 0) is 49.3 Å². The van der Waals surface area contributed by atoms with Crippen molar-refractivity contribution < 1.29 is 9.47 Å². The molecule has 0 spiro atoms. The van der Waals surface area contributed by atoms with Crippen LogP contribution in [0.1, 0.15) is 45.1 Å². The zero-order valence-corrected chi connectivity index (χ0v) is 16.8. The molecule has 5 nitrogen and oxygen atoms in total. The van der Waals surface area contributed by atoms with Gasteiger partial charge in [-0.2, -0.15) is 0 Å². The molecule has 0 aliphatic carbocycles. The van der Waals surface area contributed by atoms with E-state index in [2.05, 4.69) is 41.6 Å². The molecule has 0 unspecified atom stereocenters. The summed E-state index contributed by atoms with van der Waals surface area (Å²) in [5.74, 6) is 2.52. The number of nitrogens with zero attached hydrogens (tertiary/aromatic N) is 1. The van der Waals surface area contributed by atoms with E-state index in [0.717, 1.165) is 63.2 Å². The summed E-state index contributed by atoms with van der Waals surface area (Å²) in [7, 11) is 3.54. The lowest BCUT2D eigenvalue weighted by atomic mass is 9.74. The Bertz CT molecular complexity index is 549. The predicted molar refractivity (Wildman–Crippen MR) is 108 cm³/mol. The van der Waals surface area contributed by atoms with E-state index in [4.69, 9.17) is 9.47 Å². The molecular formula is C21H35N3O2. The molecule has 1 saturated heterocycles. The van der Waals surface area contributed by atoms with Crippen molar-refractivity contribution in [3.8, 4) is 5.75 Å². The highest BCUT2D eigenvalue weighted by Crippen LogP contribution is 2.35. The van der Waals surface area contributed by atoms with Crippen molar-refractivity contribution in [2.45, 2.75) is 44.9 Å². The molecule has 1 fully saturated rings. The number of guanidine groups is 1. The van der Waals surface area contributed by atoms with E-state index in [9.17, 15) is 0 Å². The van der Waals surface area contributed by atoms with E-state index in [0.29, 0.717) is 0 Å². The van der Waals surface area contributed by atoms with E-state index >= 15 is 0 Å². The monoisotopic (exact) mass is 361 g/mol. The number of ether oxygens (including phenoxy) is 2. The van der Waals surface area contributed by atoms with Crippen molar-refractivity contribution in [3.63, 3.8) is 0 Å². The van der Waals surface area contributed by atoms with Crippen LogP contribution in [0.5, 0.6) is 5.75 Å². The van der Waals surface area contributed by atoms with E-state index in [1.54, 1.807) is 7.11 Å². The van der Waals surface area contributed by atoms with Gasteiger partial charge < -0.3 is 20.1 Å². The molecule has 1 aromatic rings. The second kappa shape index (κ2) is 10.4. The van der Waals surface area contributed by atoms with Crippen LogP contribution in [0.4, 0.5) is 0 Å². The highest BCUT2D eigenvalue weighted by atomic mass is 16.5. The molecule has 146 valence electrons. The molecule has 0 radical (unpaired) electrons. The third-order valence-corrected chi connectivity index (χ3v) is 5.22. The van der Waals surface area contributed by atoms with Gasteiger partial charge >= 0.3 is 0 Å². The first-order valence-corrected chi connectivity index (χ1v) is 9.76. The summed E-state index contributed by atoms with van der Waals surface area (Å²) in [6, 6.07) is 8.46. The first-order chi connectivity index (χ1) is 12.6. The van der Waals surface area contributed by atoms with Gasteiger partial charge in [-0.3, -0.25) is 4.99 Å². The van der Waals surface area contributed by atoms with Crippen LogP contribution in [0.25, 0.3) is 0 Å². The SMILES string of the molecule is CN=C(NCCCC(C)C)NCC1(c2ccc(OC)cc2)CCOCC1. The van der Waals surface area contributed by atoms with E-state index in [-0.39, 0.29) is 5.41 Å². The fourth-order valence-corrected chi connectivity index (χ4v) is 3.46. The Kier molecular flexibility index (Phi) is 8.23. The average Bonchev–Trinajstić information content (AvgIpc) is 2.68. The molecule has 2 rings (SSSR count). The molecule has 0 atom stereocenters. The van der Waals surface area contributed by atoms with Crippen molar-refractivity contribution in [3.05, 3.63) is 29.8 Å². The normalized spacial score (nSPS) is 17.2. The Balaban J connectivity index is 1.98. The molecule has 1 aromatic carbocycles. The molecule has 0 aromatic heterocycles. The fraction of sp³-hybridized carbons (Fsp3) is 0.667. The maximum absolute atomic E-state index is 5.63. The predicted octanol–water partition coefficient (Wildman–Crippen LogP) is 3.34. The van der Waals surface area contributed by atoms with Gasteiger partial charge in [0.05, 0.1) is 7.11 Å². The lowest BCUT2D eigenvalue weighted by molar-refractivity contribution is 0.0513. The second-order valence-electron chi connectivity index (χ2n) is 7.51. The smallest absolute Gasteiger partial charge is 0.191 e. The Morgan fingerprint density at radius 3 is 2.46 bits per heavy atom. The second-order valence-corrected chi connectivity index (χ2v) is 7.51. The summed E-state index contributed by atoms with van der Waals surface area (Å²) >= 11 is 0. The van der Waals surface area contributed by atoms with Gasteiger partial charge in [-0.15, -0.1) is 0 Å². The van der Waals surface area contributed by atoms with Crippen LogP contribution in [-0.2, 0) is 10.2 Å². The Hall–Kier alpha value is -1.75. The van der Waals surface area contributed by atoms with Gasteiger partial charge in [0, 0.05) is 38.8 Å². The molecule has 5 heteroatoms. The largest absolute Gasteiger partial charge is 0.497 e. The van der Waals surface area contributed by atoms with Gasteiger partial charge in [-0.25, -0.2) is 0 Å². The van der Waals surface area contributed by atoms with E-state index in [1.165, 1.54) is 12.0 Å². The number of hydrogen-bond donors (Lipinski definition) is 2. The minimum atomic E-state index is 0.0695. The standard InChI is InChI=1S/C21H35N3O2/c1-17(2)6-5-13-23-20(22-3)24-16-21(11-14-26-15-12-21)18-7-9-19(25-4)10-8-18/h7-10,17H,5-6,11-16H2,1-4H3,(H2,22,23,24). The number of rotatable bonds is 8. The van der Waals surface area contributed by atoms with Gasteiger partial charge in [0.2, 0.25) is 0 Å². The van der Waals surface area contributed by atoms with Crippen molar-refractivity contribution in [2.24, 2.45) is 10.9 Å². The van der Waals surface area contributed by atoms with E-state index in [1.807, 2.05) is 19.2 Å². The van der Waals surface area contributed by atoms with Crippen LogP contribution in [0.2, 0.25) is 0 Å². The van der Waals surface area contributed by atoms with E-state index < -0.39 is 0 Å². The topological polar surface area (TPSA) is 54.9 Å². The fourth-order valence-electron chi connectivity index (χ4n) is 3.46. The lowest BCUT2D eigenvalue weighted by Crippen LogP contribution is -2.48. The first kappa shape index (κ1) is 20.6. The van der Waals surface area contributed by atoms with Crippen LogP contribution >= 0.6 is 0 Å². The third-order valence-electron chi connectivity index (χ3n) is 5.22. The zero-order chi connectivity index (χ0) is 18.8. The summed E-state index contributed by atoms with van der Waals surface area (Å²) < 4.78 is 10.9. The molecule has 1 aliphatic rings. The van der Waals surface area contributed by atoms with Crippen molar-refractivity contribution >= 4 is 5.96 Å². The van der Waals surface area contributed by atoms with Gasteiger partial charge in [0.15, 0.2) is 5.96 Å². The molecule has 1 heterocycles. The molecular weight excluding hydrogens is 326 g/mol. The van der Waals surface area contributed by atoms with Crippen molar-refractivity contribution in [2.75, 3.05) is 40.5 Å². The minimum Gasteiger partial charge on any atom is -0.497 e. The van der Waals surface area contributed by atoms with Crippen molar-refractivity contribution in [1.82, 2.24) is 10.6 Å². The van der Waals surface area contributed by atoms with Crippen molar-refractivity contribution in [1.29, 1.82) is 0 Å². The van der Waals surface area contributed by atoms with Crippen LogP contribution in [0.3, 0.4) is 0 Å². The summed E-state index contributed by atoms with van der Waals surface area (Å²) in [5, 5.41) is 6.99. The van der Waals surface area contributed by atoms with Gasteiger partial charge in [0.1, 0.15) is 5.75 Å². The summed E-state index contributed by atoms with van der Waals surface area (Å²) in [6.07, 6.45) is 4.42. The number of benzene rings is 1. The Morgan fingerprint density at radius 1 is 1.19 bits per heavy atom. The highest BCUT2D eigenvalue weighted by molar-refractivity contribution is 5.79. The average molecular weight is 362 g/mol. The highest BCUT2D eigenvalue weighted by Gasteiger charge is 2.34. The lowest BCUT2D eigenvalue weighted by Gasteiger charge is -2.38. The molecule has 1 aliphatic heterocycles. The maximum Gasteiger partial charge on any atom is 0.191 e. The summed E-state index contributed by atoms with van der Waals surface area (Å²) in [5.41, 5.74) is 1.41. The minimum absolute atomic E-state index is 0.0695. The molecule has 2 N–H and O–H groups in total. The Morgan fingerprint density at radius 2 is 1.88 bits per heavy atom. The Labute approximate surface area is 158 Å². The zero-order valence-electron chi connectivity index (χ0n) is 16.8. The van der Waals surface area contributed by atoms with Gasteiger partial charge in [-0.1, -0.05) is 26.0 Å². The van der Waals surface area contributed by atoms with Crippen LogP contribution in [0, 0.1) is 5.92 Å². The van der Waals surface area contributed by atoms with Crippen LogP contribution in [-0.4, -0.2) is 46.4 Å². The number of hydrogen-bond acceptors (Lipinski definition) is 3. The summed E-state index contributed by atoms with van der Waals surface area (Å²) in [6.45, 7) is 7.93. The number of methoxy groups -OCH3 is 1. The van der Waals surface area contributed by atoms with Gasteiger partial charge in [0.25, 0.3) is 0 Å². The number of aliphatic imine (C=N–C) groups is 1. The quantitative estimate of drug-likeness (QED) is 0.424. The van der Waals surface area contributed by atoms with Crippen LogP contribution < -0.4 is 15.4 Å². The maximum atomic E-state index is 5.63. The first-order valence-electron chi connectivity index (χ1n) is 9.76. The molecule has 0 amide bonds. The third kappa shape index (κ3) is 5.90. The summed E-state index contributed by atoms with van der Waals surface area (Å²) in [4.78, 5) is 4.38. The molecule has 26 heavy (non-hydrogen) atoms. The molecule has 0 bridgehead atoms. The van der Waals surface area contributed by atoms with Crippen LogP contribution in [0.15, 0.2) is 29.3 Å².